The summed E-state index contributed by atoms with van der Waals surface area (Å²) in [4.78, 5) is 13.4. The van der Waals surface area contributed by atoms with Crippen LogP contribution in [0, 0.1) is 5.82 Å². The number of hydrogen-bond donors (Lipinski definition) is 1. The highest BCUT2D eigenvalue weighted by molar-refractivity contribution is 5.95. The van der Waals surface area contributed by atoms with Gasteiger partial charge in [-0.1, -0.05) is 0 Å². The van der Waals surface area contributed by atoms with Gasteiger partial charge >= 0.3 is 0 Å². The molecule has 3 nitrogen and oxygen atoms in total. The monoisotopic (exact) mass is 270 g/mol. The standard InChI is InChI=1S/C16H15FN2O/c1-10(20)11-2-5-16-12(8-11)6-7-19(16)13-3-4-15(18)14(17)9-13/h2-5,8-9H,6-7,18H2,1H3. The van der Waals surface area contributed by atoms with E-state index in [1.807, 2.05) is 29.2 Å². The number of fused-ring (bicyclic) bond motifs is 1. The van der Waals surface area contributed by atoms with Crippen molar-refractivity contribution in [2.45, 2.75) is 13.3 Å². The number of nitrogens with two attached hydrogens (primary N) is 1. The largest absolute Gasteiger partial charge is 0.396 e. The molecule has 0 saturated heterocycles. The van der Waals surface area contributed by atoms with Crippen molar-refractivity contribution >= 4 is 22.8 Å². The van der Waals surface area contributed by atoms with Crippen molar-refractivity contribution in [2.24, 2.45) is 0 Å². The molecule has 1 aliphatic rings. The molecule has 2 N–H and O–H groups in total. The second kappa shape index (κ2) is 4.63. The maximum atomic E-state index is 13.6. The number of nitrogen functional groups attached to an aromatic ring is 1. The molecule has 3 rings (SSSR count). The van der Waals surface area contributed by atoms with Crippen LogP contribution in [0.4, 0.5) is 21.5 Å². The van der Waals surface area contributed by atoms with E-state index in [4.69, 9.17) is 5.73 Å². The summed E-state index contributed by atoms with van der Waals surface area (Å²) in [5, 5.41) is 0. The van der Waals surface area contributed by atoms with Crippen molar-refractivity contribution in [1.82, 2.24) is 0 Å². The summed E-state index contributed by atoms with van der Waals surface area (Å²) >= 11 is 0. The molecule has 0 amide bonds. The molecule has 0 bridgehead atoms. The smallest absolute Gasteiger partial charge is 0.159 e. The summed E-state index contributed by atoms with van der Waals surface area (Å²) in [6.07, 6.45) is 0.850. The van der Waals surface area contributed by atoms with Gasteiger partial charge in [0.15, 0.2) is 5.78 Å². The summed E-state index contributed by atoms with van der Waals surface area (Å²) in [7, 11) is 0. The lowest BCUT2D eigenvalue weighted by Gasteiger charge is -2.20. The quantitative estimate of drug-likeness (QED) is 0.672. The highest BCUT2D eigenvalue weighted by Gasteiger charge is 2.21. The number of benzene rings is 2. The first kappa shape index (κ1) is 12.7. The minimum atomic E-state index is -0.406. The van der Waals surface area contributed by atoms with Crippen LogP contribution in [0.15, 0.2) is 36.4 Å². The van der Waals surface area contributed by atoms with Gasteiger partial charge in [0.1, 0.15) is 5.82 Å². The van der Waals surface area contributed by atoms with Crippen LogP contribution in [-0.2, 0) is 6.42 Å². The number of Topliss-reactive ketones (excluding diaryl/α,β-unsaturated/α-hetero) is 1. The first-order chi connectivity index (χ1) is 9.56. The fourth-order valence-corrected chi connectivity index (χ4v) is 2.57. The minimum absolute atomic E-state index is 0.0600. The molecule has 0 radical (unpaired) electrons. The van der Waals surface area contributed by atoms with Crippen LogP contribution in [0.25, 0.3) is 0 Å². The van der Waals surface area contributed by atoms with E-state index in [0.717, 1.165) is 29.9 Å². The fraction of sp³-hybridized carbons (Fsp3) is 0.188. The number of anilines is 3. The van der Waals surface area contributed by atoms with Gasteiger partial charge in [-0.25, -0.2) is 4.39 Å². The first-order valence-electron chi connectivity index (χ1n) is 6.52. The molecule has 0 spiro atoms. The number of ketones is 1. The second-order valence-corrected chi connectivity index (χ2v) is 5.01. The molecule has 0 saturated carbocycles. The molecule has 1 aliphatic heterocycles. The Morgan fingerprint density at radius 1 is 1.25 bits per heavy atom. The zero-order chi connectivity index (χ0) is 14.3. The summed E-state index contributed by atoms with van der Waals surface area (Å²) < 4.78 is 13.6. The van der Waals surface area contributed by atoms with E-state index in [2.05, 4.69) is 0 Å². The Morgan fingerprint density at radius 2 is 2.05 bits per heavy atom. The van der Waals surface area contributed by atoms with Gasteiger partial charge < -0.3 is 10.6 Å². The molecule has 0 fully saturated rings. The Labute approximate surface area is 116 Å². The van der Waals surface area contributed by atoms with E-state index >= 15 is 0 Å². The van der Waals surface area contributed by atoms with Gasteiger partial charge in [-0.3, -0.25) is 4.79 Å². The summed E-state index contributed by atoms with van der Waals surface area (Å²) in [6, 6.07) is 10.5. The maximum Gasteiger partial charge on any atom is 0.159 e. The van der Waals surface area contributed by atoms with Gasteiger partial charge in [0.2, 0.25) is 0 Å². The van der Waals surface area contributed by atoms with E-state index < -0.39 is 5.82 Å². The lowest BCUT2D eigenvalue weighted by Crippen LogP contribution is -2.13. The first-order valence-corrected chi connectivity index (χ1v) is 6.52. The van der Waals surface area contributed by atoms with Gasteiger partial charge in [0.25, 0.3) is 0 Å². The SMILES string of the molecule is CC(=O)c1ccc2c(c1)CCN2c1ccc(N)c(F)c1. The Morgan fingerprint density at radius 3 is 2.75 bits per heavy atom. The normalized spacial score (nSPS) is 13.4. The van der Waals surface area contributed by atoms with Gasteiger partial charge in [-0.2, -0.15) is 0 Å². The number of hydrogen-bond acceptors (Lipinski definition) is 3. The maximum absolute atomic E-state index is 13.6. The van der Waals surface area contributed by atoms with Crippen LogP contribution in [0.5, 0.6) is 0 Å². The van der Waals surface area contributed by atoms with Gasteiger partial charge in [0.05, 0.1) is 5.69 Å². The number of carbonyl (C=O) groups is 1. The molecule has 102 valence electrons. The fourth-order valence-electron chi connectivity index (χ4n) is 2.57. The second-order valence-electron chi connectivity index (χ2n) is 5.01. The van der Waals surface area contributed by atoms with Crippen LogP contribution in [0.2, 0.25) is 0 Å². The summed E-state index contributed by atoms with van der Waals surface area (Å²) in [5.41, 5.74) is 9.30. The molecular weight excluding hydrogens is 255 g/mol. The zero-order valence-corrected chi connectivity index (χ0v) is 11.2. The predicted molar refractivity (Wildman–Crippen MR) is 78.0 cm³/mol. The Kier molecular flexibility index (Phi) is 2.93. The molecule has 1 heterocycles. The van der Waals surface area contributed by atoms with Crippen LogP contribution < -0.4 is 10.6 Å². The molecule has 2 aromatic carbocycles. The molecule has 0 aliphatic carbocycles. The van der Waals surface area contributed by atoms with E-state index in [0.29, 0.717) is 5.56 Å². The van der Waals surface area contributed by atoms with Crippen molar-refractivity contribution in [2.75, 3.05) is 17.2 Å². The van der Waals surface area contributed by atoms with Gasteiger partial charge in [-0.15, -0.1) is 0 Å². The third-order valence-electron chi connectivity index (χ3n) is 3.68. The van der Waals surface area contributed by atoms with Crippen molar-refractivity contribution in [3.05, 3.63) is 53.3 Å². The van der Waals surface area contributed by atoms with E-state index in [9.17, 15) is 9.18 Å². The molecule has 0 atom stereocenters. The molecular formula is C16H15FN2O. The number of rotatable bonds is 2. The van der Waals surface area contributed by atoms with Gasteiger partial charge in [0, 0.05) is 23.5 Å². The van der Waals surface area contributed by atoms with Crippen LogP contribution in [-0.4, -0.2) is 12.3 Å². The van der Waals surface area contributed by atoms with Crippen molar-refractivity contribution in [3.63, 3.8) is 0 Å². The highest BCUT2D eigenvalue weighted by Crippen LogP contribution is 2.35. The summed E-state index contributed by atoms with van der Waals surface area (Å²) in [6.45, 7) is 2.34. The lowest BCUT2D eigenvalue weighted by atomic mass is 10.1. The van der Waals surface area contributed by atoms with Crippen molar-refractivity contribution < 1.29 is 9.18 Å². The minimum Gasteiger partial charge on any atom is -0.396 e. The Hall–Kier alpha value is -2.36. The van der Waals surface area contributed by atoms with E-state index in [1.165, 1.54) is 6.07 Å². The van der Waals surface area contributed by atoms with Crippen LogP contribution in [0.1, 0.15) is 22.8 Å². The third-order valence-corrected chi connectivity index (χ3v) is 3.68. The third kappa shape index (κ3) is 2.03. The van der Waals surface area contributed by atoms with E-state index in [1.54, 1.807) is 13.0 Å². The molecule has 2 aromatic rings. The topological polar surface area (TPSA) is 46.3 Å². The Balaban J connectivity index is 2.00. The van der Waals surface area contributed by atoms with Crippen LogP contribution >= 0.6 is 0 Å². The van der Waals surface area contributed by atoms with Gasteiger partial charge in [-0.05, 0) is 55.3 Å². The van der Waals surface area contributed by atoms with Crippen molar-refractivity contribution in [1.29, 1.82) is 0 Å². The van der Waals surface area contributed by atoms with Crippen LogP contribution in [0.3, 0.4) is 0 Å². The van der Waals surface area contributed by atoms with E-state index in [-0.39, 0.29) is 11.5 Å². The zero-order valence-electron chi connectivity index (χ0n) is 11.2. The Bertz CT molecular complexity index is 697. The molecule has 20 heavy (non-hydrogen) atoms. The summed E-state index contributed by atoms with van der Waals surface area (Å²) in [5.74, 6) is -0.346. The average Bonchev–Trinajstić information content (AvgIpc) is 2.84. The highest BCUT2D eigenvalue weighted by atomic mass is 19.1. The lowest BCUT2D eigenvalue weighted by molar-refractivity contribution is 0.101. The average molecular weight is 270 g/mol. The van der Waals surface area contributed by atoms with Crippen molar-refractivity contribution in [3.8, 4) is 0 Å². The molecule has 0 unspecified atom stereocenters. The molecule has 4 heteroatoms. The molecule has 0 aromatic heterocycles. The number of carbonyl (C=O) groups excluding carboxylic acids is 1. The number of halogens is 1. The predicted octanol–water partition coefficient (Wildman–Crippen LogP) is 3.30. The number of nitrogens with zero attached hydrogens (tertiary/aromatic N) is 1.